The van der Waals surface area contributed by atoms with E-state index in [0.29, 0.717) is 58.1 Å². The minimum absolute atomic E-state index is 0.0984. The van der Waals surface area contributed by atoms with Gasteiger partial charge < -0.3 is 59.7 Å². The molecule has 18 heteroatoms. The molecule has 0 saturated carbocycles. The van der Waals surface area contributed by atoms with E-state index < -0.39 is 35.8 Å². The number of aromatic nitrogens is 3. The van der Waals surface area contributed by atoms with E-state index in [2.05, 4.69) is 0 Å². The van der Waals surface area contributed by atoms with Crippen molar-refractivity contribution in [2.75, 3.05) is 0 Å². The van der Waals surface area contributed by atoms with Gasteiger partial charge in [-0.05, 0) is 133 Å². The van der Waals surface area contributed by atoms with Crippen LogP contribution < -0.4 is 0 Å². The Morgan fingerprint density at radius 3 is 1.21 bits per heavy atom. The van der Waals surface area contributed by atoms with Crippen molar-refractivity contribution in [3.05, 3.63) is 195 Å². The number of hydrogen-bond donors (Lipinski definition) is 9. The number of fused-ring (bicyclic) bond motifs is 3. The Hall–Kier alpha value is -9.84. The third-order valence-electron chi connectivity index (χ3n) is 12.9. The quantitative estimate of drug-likeness (QED) is 0.0463. The number of aromatic hydroxyl groups is 3. The highest BCUT2D eigenvalue weighted by Gasteiger charge is 2.23. The van der Waals surface area contributed by atoms with Crippen LogP contribution in [0.4, 0.5) is 0 Å². The maximum absolute atomic E-state index is 11.6. The minimum atomic E-state index is -1.08. The topological polar surface area (TPSA) is 299 Å². The maximum Gasteiger partial charge on any atom is 0.336 e. The molecule has 3 heterocycles. The largest absolute Gasteiger partial charge is 0.508 e. The summed E-state index contributed by atoms with van der Waals surface area (Å²) in [5, 5.41) is 85.6. The van der Waals surface area contributed by atoms with Gasteiger partial charge in [-0.1, -0.05) is 48.5 Å². The first-order valence-corrected chi connectivity index (χ1v) is 23.1. The summed E-state index contributed by atoms with van der Waals surface area (Å²) >= 11 is 0. The van der Waals surface area contributed by atoms with Crippen molar-refractivity contribution < 1.29 is 74.7 Å². The first kappa shape index (κ1) is 53.0. The molecule has 18 nitrogen and oxygen atoms in total. The van der Waals surface area contributed by atoms with Crippen molar-refractivity contribution in [2.24, 2.45) is 0 Å². The number of phenols is 3. The Morgan fingerprint density at radius 1 is 0.387 bits per heavy atom. The van der Waals surface area contributed by atoms with E-state index in [4.69, 9.17) is 0 Å². The summed E-state index contributed by atoms with van der Waals surface area (Å²) in [6, 6.07) is 34.6. The molecule has 75 heavy (non-hydrogen) atoms. The molecule has 3 aromatic heterocycles. The fourth-order valence-corrected chi connectivity index (χ4v) is 9.23. The summed E-state index contributed by atoms with van der Waals surface area (Å²) in [4.78, 5) is 67.8. The lowest BCUT2D eigenvalue weighted by Gasteiger charge is -2.09. The average Bonchev–Trinajstić information content (AvgIpc) is 3.88. The van der Waals surface area contributed by atoms with Crippen LogP contribution >= 0.6 is 0 Å². The highest BCUT2D eigenvalue weighted by atomic mass is 16.4. The molecule has 0 spiro atoms. The molecule has 0 atom stereocenters. The Balaban J connectivity index is 0.000000164. The molecule has 9 N–H and O–H groups in total. The summed E-state index contributed by atoms with van der Waals surface area (Å²) in [7, 11) is 0. The first-order chi connectivity index (χ1) is 35.6. The Bertz CT molecular complexity index is 3630. The van der Waals surface area contributed by atoms with E-state index in [9.17, 15) is 74.7 Å². The molecule has 6 aromatic carbocycles. The van der Waals surface area contributed by atoms with Gasteiger partial charge in [0.15, 0.2) is 0 Å². The summed E-state index contributed by atoms with van der Waals surface area (Å²) < 4.78 is 5.78. The van der Waals surface area contributed by atoms with Crippen molar-refractivity contribution in [3.8, 4) is 17.2 Å². The first-order valence-electron chi connectivity index (χ1n) is 23.1. The van der Waals surface area contributed by atoms with Crippen molar-refractivity contribution >= 4 is 68.5 Å². The van der Waals surface area contributed by atoms with E-state index in [1.165, 1.54) is 24.3 Å². The van der Waals surface area contributed by atoms with Gasteiger partial charge in [-0.25, -0.2) is 14.4 Å². The Morgan fingerprint density at radius 2 is 0.773 bits per heavy atom. The van der Waals surface area contributed by atoms with Crippen molar-refractivity contribution in [3.63, 3.8) is 0 Å². The molecule has 384 valence electrons. The van der Waals surface area contributed by atoms with Gasteiger partial charge in [-0.15, -0.1) is 0 Å². The van der Waals surface area contributed by atoms with Crippen molar-refractivity contribution in [1.29, 1.82) is 0 Å². The summed E-state index contributed by atoms with van der Waals surface area (Å²) in [6.07, 6.45) is -0.541. The number of hydrogen-bond acceptors (Lipinski definition) is 9. The minimum Gasteiger partial charge on any atom is -0.508 e. The number of carboxylic acid groups (broad SMARTS) is 6. The van der Waals surface area contributed by atoms with E-state index in [1.54, 1.807) is 110 Å². The van der Waals surface area contributed by atoms with Crippen LogP contribution in [0.3, 0.4) is 0 Å². The van der Waals surface area contributed by atoms with Crippen LogP contribution in [0.1, 0.15) is 81.5 Å². The van der Waals surface area contributed by atoms with Gasteiger partial charge in [0.2, 0.25) is 0 Å². The lowest BCUT2D eigenvalue weighted by molar-refractivity contribution is -0.137. The third kappa shape index (κ3) is 11.9. The molecule has 0 aliphatic heterocycles. The second-order valence-electron chi connectivity index (χ2n) is 17.7. The Kier molecular flexibility index (Phi) is 15.7. The molecule has 0 unspecified atom stereocenters. The molecular formula is C57H51N3O15. The van der Waals surface area contributed by atoms with Crippen LogP contribution in [-0.2, 0) is 53.3 Å². The summed E-state index contributed by atoms with van der Waals surface area (Å²) in [5.41, 5.74) is 9.40. The summed E-state index contributed by atoms with van der Waals surface area (Å²) in [6.45, 7) is 6.85. The molecular weight excluding hydrogens is 967 g/mol. The van der Waals surface area contributed by atoms with Crippen LogP contribution in [-0.4, -0.2) is 95.5 Å². The predicted molar refractivity (Wildman–Crippen MR) is 277 cm³/mol. The number of rotatable bonds is 15. The number of aliphatic carboxylic acids is 3. The van der Waals surface area contributed by atoms with E-state index >= 15 is 0 Å². The van der Waals surface area contributed by atoms with Crippen LogP contribution in [0, 0.1) is 20.8 Å². The smallest absolute Gasteiger partial charge is 0.336 e. The zero-order valence-electron chi connectivity index (χ0n) is 40.7. The van der Waals surface area contributed by atoms with Crippen LogP contribution in [0.25, 0.3) is 32.7 Å². The van der Waals surface area contributed by atoms with Crippen LogP contribution in [0.15, 0.2) is 127 Å². The van der Waals surface area contributed by atoms with E-state index in [0.717, 1.165) is 44.7 Å². The highest BCUT2D eigenvalue weighted by molar-refractivity contribution is 6.06. The van der Waals surface area contributed by atoms with Gasteiger partial charge >= 0.3 is 35.8 Å². The van der Waals surface area contributed by atoms with Gasteiger partial charge in [0, 0.05) is 69.4 Å². The molecule has 0 aliphatic rings. The molecule has 0 aliphatic carbocycles. The van der Waals surface area contributed by atoms with Crippen LogP contribution in [0.2, 0.25) is 0 Å². The number of aromatic carboxylic acids is 3. The van der Waals surface area contributed by atoms with Gasteiger partial charge in [-0.2, -0.15) is 0 Å². The van der Waals surface area contributed by atoms with E-state index in [-0.39, 0.29) is 53.2 Å². The lowest BCUT2D eigenvalue weighted by atomic mass is 10.0. The molecule has 9 rings (SSSR count). The zero-order chi connectivity index (χ0) is 54.4. The number of phenolic OH excluding ortho intramolecular Hbond substituents is 3. The second-order valence-corrected chi connectivity index (χ2v) is 17.7. The van der Waals surface area contributed by atoms with Gasteiger partial charge in [-0.3, -0.25) is 14.4 Å². The summed E-state index contributed by atoms with van der Waals surface area (Å²) in [5.74, 6) is -5.57. The van der Waals surface area contributed by atoms with E-state index in [1.807, 2.05) is 27.5 Å². The molecule has 9 aromatic rings. The lowest BCUT2D eigenvalue weighted by Crippen LogP contribution is -2.05. The van der Waals surface area contributed by atoms with Gasteiger partial charge in [0.05, 0.1) is 36.0 Å². The average molecular weight is 1020 g/mol. The standard InChI is InChI=1S/3C19H17NO5/c1-11-15(9-18(22)23)16-8-13(19(24)25)4-7-17(16)20(11)10-12-2-5-14(21)6-3-12;1-11-16(9-18(22)23)15-7-4-13(19(24)25)8-17(15)20(11)10-12-2-5-14(21)6-3-12;1-11-15(9-17(22)23)18-14(19(24)25)3-2-4-16(18)20(11)10-12-5-7-13(21)8-6-12/h3*2-8,21H,9-10H2,1H3,(H,22,23)(H,24,25). The second kappa shape index (κ2) is 22.3. The molecule has 0 saturated heterocycles. The highest BCUT2D eigenvalue weighted by Crippen LogP contribution is 2.33. The van der Waals surface area contributed by atoms with Crippen molar-refractivity contribution in [1.82, 2.24) is 13.7 Å². The van der Waals surface area contributed by atoms with Crippen LogP contribution in [0.5, 0.6) is 17.2 Å². The normalized spacial score (nSPS) is 10.9. The number of carbonyl (C=O) groups is 6. The zero-order valence-corrected chi connectivity index (χ0v) is 40.7. The van der Waals surface area contributed by atoms with Gasteiger partial charge in [0.25, 0.3) is 0 Å². The number of benzene rings is 6. The SMILES string of the molecule is Cc1c(CC(=O)O)c2c(C(=O)O)cccc2n1Cc1ccc(O)cc1.Cc1c(CC(=O)O)c2cc(C(=O)O)ccc2n1Cc1ccc(O)cc1.Cc1c(CC(=O)O)c2ccc(C(=O)O)cc2n1Cc1ccc(O)cc1. The number of nitrogens with zero attached hydrogens (tertiary/aromatic N) is 3. The Labute approximate surface area is 427 Å². The molecule has 0 amide bonds. The monoisotopic (exact) mass is 1020 g/mol. The fraction of sp³-hybridized carbons (Fsp3) is 0.158. The molecule has 0 bridgehead atoms. The molecule has 0 fully saturated rings. The van der Waals surface area contributed by atoms with Gasteiger partial charge in [0.1, 0.15) is 17.2 Å². The predicted octanol–water partition coefficient (Wildman–Crippen LogP) is 9.09. The fourth-order valence-electron chi connectivity index (χ4n) is 9.23. The third-order valence-corrected chi connectivity index (χ3v) is 12.9. The number of carboxylic acids is 6. The maximum atomic E-state index is 11.6. The molecule has 0 radical (unpaired) electrons. The van der Waals surface area contributed by atoms with Crippen molar-refractivity contribution in [2.45, 2.75) is 59.7 Å².